The molecular formula is C27H21N3O3. The molecule has 0 bridgehead atoms. The van der Waals surface area contributed by atoms with Gasteiger partial charge in [-0.25, -0.2) is 9.78 Å². The first-order chi connectivity index (χ1) is 16.1. The summed E-state index contributed by atoms with van der Waals surface area (Å²) in [7, 11) is 0. The lowest BCUT2D eigenvalue weighted by Crippen LogP contribution is -2.21. The van der Waals surface area contributed by atoms with Crippen LogP contribution in [0.1, 0.15) is 15.9 Å². The smallest absolute Gasteiger partial charge is 0.338 e. The third-order valence-corrected chi connectivity index (χ3v) is 5.44. The molecule has 4 aromatic carbocycles. The molecule has 0 saturated heterocycles. The van der Waals surface area contributed by atoms with E-state index < -0.39 is 11.9 Å². The quantitative estimate of drug-likeness (QED) is 0.358. The Morgan fingerprint density at radius 2 is 1.73 bits per heavy atom. The maximum absolute atomic E-state index is 12.5. The van der Waals surface area contributed by atoms with E-state index in [1.54, 1.807) is 18.2 Å². The van der Waals surface area contributed by atoms with Crippen LogP contribution in [-0.2, 0) is 9.53 Å². The number of anilines is 1. The van der Waals surface area contributed by atoms with Crippen molar-refractivity contribution in [3.8, 4) is 11.4 Å². The van der Waals surface area contributed by atoms with E-state index in [4.69, 9.17) is 4.74 Å². The van der Waals surface area contributed by atoms with Crippen LogP contribution < -0.4 is 5.32 Å². The highest BCUT2D eigenvalue weighted by molar-refractivity contribution is 6.03. The van der Waals surface area contributed by atoms with Crippen LogP contribution in [0.4, 0.5) is 5.69 Å². The molecule has 33 heavy (non-hydrogen) atoms. The van der Waals surface area contributed by atoms with Crippen LogP contribution in [0.5, 0.6) is 0 Å². The minimum absolute atomic E-state index is 0.347. The number of carbonyl (C=O) groups is 2. The maximum atomic E-state index is 12.5. The van der Waals surface area contributed by atoms with Crippen molar-refractivity contribution in [1.29, 1.82) is 0 Å². The van der Waals surface area contributed by atoms with E-state index in [9.17, 15) is 9.59 Å². The Bertz CT molecular complexity index is 1480. The van der Waals surface area contributed by atoms with Crippen molar-refractivity contribution in [3.05, 3.63) is 96.1 Å². The van der Waals surface area contributed by atoms with Crippen molar-refractivity contribution < 1.29 is 14.3 Å². The van der Waals surface area contributed by atoms with Crippen molar-refractivity contribution in [3.63, 3.8) is 0 Å². The van der Waals surface area contributed by atoms with E-state index in [0.717, 1.165) is 33.2 Å². The van der Waals surface area contributed by atoms with Crippen molar-refractivity contribution in [1.82, 2.24) is 9.97 Å². The molecule has 0 aliphatic carbocycles. The molecule has 0 unspecified atom stereocenters. The average molecular weight is 435 g/mol. The highest BCUT2D eigenvalue weighted by Gasteiger charge is 2.14. The number of hydrogen-bond acceptors (Lipinski definition) is 4. The first-order valence-electron chi connectivity index (χ1n) is 10.6. The average Bonchev–Trinajstić information content (AvgIpc) is 3.26. The number of hydrogen-bond donors (Lipinski definition) is 2. The second kappa shape index (κ2) is 8.59. The third kappa shape index (κ3) is 4.32. The number of fused-ring (bicyclic) bond motifs is 2. The predicted molar refractivity (Wildman–Crippen MR) is 129 cm³/mol. The van der Waals surface area contributed by atoms with Gasteiger partial charge >= 0.3 is 5.97 Å². The van der Waals surface area contributed by atoms with Gasteiger partial charge in [-0.1, -0.05) is 66.2 Å². The van der Waals surface area contributed by atoms with Crippen LogP contribution in [0.2, 0.25) is 0 Å². The van der Waals surface area contributed by atoms with Crippen LogP contribution in [0, 0.1) is 6.92 Å². The van der Waals surface area contributed by atoms with Gasteiger partial charge in [0.25, 0.3) is 5.91 Å². The minimum Gasteiger partial charge on any atom is -0.452 e. The molecule has 0 saturated carbocycles. The maximum Gasteiger partial charge on any atom is 0.338 e. The number of nitrogens with one attached hydrogen (secondary N) is 2. The number of rotatable bonds is 5. The van der Waals surface area contributed by atoms with Gasteiger partial charge in [-0.2, -0.15) is 0 Å². The van der Waals surface area contributed by atoms with Crippen molar-refractivity contribution in [2.45, 2.75) is 6.92 Å². The molecule has 0 spiro atoms. The zero-order chi connectivity index (χ0) is 22.8. The van der Waals surface area contributed by atoms with Crippen molar-refractivity contribution in [2.75, 3.05) is 11.9 Å². The number of H-pyrrole nitrogens is 1. The fourth-order valence-electron chi connectivity index (χ4n) is 3.72. The van der Waals surface area contributed by atoms with Crippen LogP contribution in [0.25, 0.3) is 33.2 Å². The number of aromatic amines is 1. The van der Waals surface area contributed by atoms with Crippen molar-refractivity contribution in [2.24, 2.45) is 0 Å². The Hall–Kier alpha value is -4.45. The molecular weight excluding hydrogens is 414 g/mol. The lowest BCUT2D eigenvalue weighted by molar-refractivity contribution is -0.119. The summed E-state index contributed by atoms with van der Waals surface area (Å²) in [6.45, 7) is 1.65. The second-order valence-electron chi connectivity index (χ2n) is 7.83. The van der Waals surface area contributed by atoms with Crippen LogP contribution in [-0.4, -0.2) is 28.5 Å². The summed E-state index contributed by atoms with van der Waals surface area (Å²) in [6, 6.07) is 26.5. The number of aromatic nitrogens is 2. The van der Waals surface area contributed by atoms with E-state index in [-0.39, 0.29) is 6.61 Å². The summed E-state index contributed by atoms with van der Waals surface area (Å²) < 4.78 is 5.24. The summed E-state index contributed by atoms with van der Waals surface area (Å²) in [4.78, 5) is 32.7. The Balaban J connectivity index is 1.27. The van der Waals surface area contributed by atoms with Gasteiger partial charge in [-0.05, 0) is 36.6 Å². The largest absolute Gasteiger partial charge is 0.452 e. The summed E-state index contributed by atoms with van der Waals surface area (Å²) in [5.41, 5.74) is 4.63. The minimum atomic E-state index is -0.573. The zero-order valence-electron chi connectivity index (χ0n) is 18.0. The number of amides is 1. The number of nitrogens with zero attached hydrogens (tertiary/aromatic N) is 1. The molecule has 1 amide bonds. The number of esters is 1. The summed E-state index contributed by atoms with van der Waals surface area (Å²) >= 11 is 0. The van der Waals surface area contributed by atoms with Gasteiger partial charge in [0, 0.05) is 16.6 Å². The standard InChI is InChI=1S/C27H21N3O3/c1-17-9-11-19(12-10-17)26-29-23-14-13-20(15-24(23)30-26)27(32)33-16-25(31)28-22-8-4-6-18-5-2-3-7-21(18)22/h2-15H,16H2,1H3,(H,28,31)(H,29,30). The lowest BCUT2D eigenvalue weighted by Gasteiger charge is -2.09. The van der Waals surface area contributed by atoms with Gasteiger partial charge in [0.15, 0.2) is 6.61 Å². The zero-order valence-corrected chi connectivity index (χ0v) is 18.0. The summed E-state index contributed by atoms with van der Waals surface area (Å²) in [5, 5.41) is 4.76. The molecule has 2 N–H and O–H groups in total. The summed E-state index contributed by atoms with van der Waals surface area (Å²) in [6.07, 6.45) is 0. The first kappa shape index (κ1) is 20.5. The molecule has 6 nitrogen and oxygen atoms in total. The molecule has 1 heterocycles. The number of carbonyl (C=O) groups excluding carboxylic acids is 2. The van der Waals surface area contributed by atoms with E-state index in [2.05, 4.69) is 15.3 Å². The third-order valence-electron chi connectivity index (χ3n) is 5.44. The topological polar surface area (TPSA) is 84.1 Å². The molecule has 0 aliphatic rings. The van der Waals surface area contributed by atoms with Gasteiger partial charge < -0.3 is 15.0 Å². The first-order valence-corrected chi connectivity index (χ1v) is 10.6. The number of ether oxygens (including phenoxy) is 1. The molecule has 0 radical (unpaired) electrons. The molecule has 5 aromatic rings. The normalized spacial score (nSPS) is 10.9. The van der Waals surface area contributed by atoms with Gasteiger partial charge in [-0.15, -0.1) is 0 Å². The van der Waals surface area contributed by atoms with E-state index in [1.807, 2.05) is 73.7 Å². The number of imidazole rings is 1. The van der Waals surface area contributed by atoms with E-state index in [0.29, 0.717) is 11.3 Å². The molecule has 6 heteroatoms. The Kier molecular flexibility index (Phi) is 5.32. The Morgan fingerprint density at radius 1 is 0.939 bits per heavy atom. The number of aryl methyl sites for hydroxylation is 1. The lowest BCUT2D eigenvalue weighted by atomic mass is 10.1. The fourth-order valence-corrected chi connectivity index (χ4v) is 3.72. The Morgan fingerprint density at radius 3 is 2.58 bits per heavy atom. The van der Waals surface area contributed by atoms with Crippen LogP contribution in [0.3, 0.4) is 0 Å². The molecule has 162 valence electrons. The highest BCUT2D eigenvalue weighted by atomic mass is 16.5. The van der Waals surface area contributed by atoms with Gasteiger partial charge in [0.1, 0.15) is 5.82 Å². The molecule has 1 aromatic heterocycles. The SMILES string of the molecule is Cc1ccc(-c2nc3ccc(C(=O)OCC(=O)Nc4cccc5ccccc45)cc3[nH]2)cc1. The molecule has 5 rings (SSSR count). The van der Waals surface area contributed by atoms with Gasteiger partial charge in [0.2, 0.25) is 0 Å². The van der Waals surface area contributed by atoms with Gasteiger partial charge in [-0.3, -0.25) is 4.79 Å². The van der Waals surface area contributed by atoms with Crippen LogP contribution in [0.15, 0.2) is 84.9 Å². The van der Waals surface area contributed by atoms with Crippen LogP contribution >= 0.6 is 0 Å². The Labute approximate surface area is 190 Å². The summed E-state index contributed by atoms with van der Waals surface area (Å²) in [5.74, 6) is -0.245. The number of benzene rings is 4. The van der Waals surface area contributed by atoms with E-state index >= 15 is 0 Å². The molecule has 0 atom stereocenters. The van der Waals surface area contributed by atoms with Gasteiger partial charge in [0.05, 0.1) is 16.6 Å². The predicted octanol–water partition coefficient (Wildman–Crippen LogP) is 5.49. The molecule has 0 aliphatic heterocycles. The van der Waals surface area contributed by atoms with E-state index in [1.165, 1.54) is 5.56 Å². The van der Waals surface area contributed by atoms with Crippen molar-refractivity contribution >= 4 is 39.4 Å². The highest BCUT2D eigenvalue weighted by Crippen LogP contribution is 2.24. The fraction of sp³-hybridized carbons (Fsp3) is 0.0741. The molecule has 0 fully saturated rings. The second-order valence-corrected chi connectivity index (χ2v) is 7.83. The monoisotopic (exact) mass is 435 g/mol.